The van der Waals surface area contributed by atoms with Gasteiger partial charge < -0.3 is 5.32 Å². The highest BCUT2D eigenvalue weighted by molar-refractivity contribution is 4.94. The Morgan fingerprint density at radius 3 is 2.69 bits per heavy atom. The van der Waals surface area contributed by atoms with Gasteiger partial charge >= 0.3 is 0 Å². The van der Waals surface area contributed by atoms with Crippen molar-refractivity contribution in [3.8, 4) is 0 Å². The van der Waals surface area contributed by atoms with Gasteiger partial charge in [0.05, 0.1) is 0 Å². The van der Waals surface area contributed by atoms with Crippen molar-refractivity contribution in [3.63, 3.8) is 0 Å². The zero-order chi connectivity index (χ0) is 11.5. The van der Waals surface area contributed by atoms with Crippen molar-refractivity contribution in [1.29, 1.82) is 0 Å². The van der Waals surface area contributed by atoms with E-state index < -0.39 is 0 Å². The van der Waals surface area contributed by atoms with Crippen molar-refractivity contribution in [1.82, 2.24) is 10.2 Å². The number of nitrogens with one attached hydrogen (secondary N) is 1. The molecule has 0 radical (unpaired) electrons. The topological polar surface area (TPSA) is 15.3 Å². The summed E-state index contributed by atoms with van der Waals surface area (Å²) in [6, 6.07) is 1.70. The third-order valence-electron chi connectivity index (χ3n) is 4.21. The molecule has 1 heterocycles. The van der Waals surface area contributed by atoms with Gasteiger partial charge in [0.25, 0.3) is 0 Å². The van der Waals surface area contributed by atoms with Crippen molar-refractivity contribution in [2.75, 3.05) is 19.6 Å². The first-order valence-corrected chi connectivity index (χ1v) is 7.18. The highest BCUT2D eigenvalue weighted by Crippen LogP contribution is 2.31. The zero-order valence-electron chi connectivity index (χ0n) is 11.2. The lowest BCUT2D eigenvalue weighted by Crippen LogP contribution is -2.38. The first kappa shape index (κ1) is 12.4. The molecular weight excluding hydrogens is 196 g/mol. The highest BCUT2D eigenvalue weighted by Gasteiger charge is 2.37. The van der Waals surface area contributed by atoms with E-state index in [0.717, 1.165) is 23.9 Å². The second kappa shape index (κ2) is 5.50. The van der Waals surface area contributed by atoms with E-state index in [4.69, 9.17) is 0 Å². The van der Waals surface area contributed by atoms with Crippen molar-refractivity contribution in [2.24, 2.45) is 11.8 Å². The number of hydrogen-bond donors (Lipinski definition) is 1. The first-order chi connectivity index (χ1) is 7.70. The van der Waals surface area contributed by atoms with Gasteiger partial charge in [0.1, 0.15) is 0 Å². The normalized spacial score (nSPS) is 33.2. The minimum atomic E-state index is 0.750. The largest absolute Gasteiger partial charge is 0.312 e. The molecule has 2 heteroatoms. The van der Waals surface area contributed by atoms with Crippen molar-refractivity contribution in [3.05, 3.63) is 0 Å². The smallest absolute Gasteiger partial charge is 0.0233 e. The molecule has 1 aliphatic heterocycles. The second-order valence-electron chi connectivity index (χ2n) is 6.07. The lowest BCUT2D eigenvalue weighted by atomic mass is 10.0. The third-order valence-corrected chi connectivity index (χ3v) is 4.21. The summed E-state index contributed by atoms with van der Waals surface area (Å²) in [6.45, 7) is 10.9. The monoisotopic (exact) mass is 224 g/mol. The molecular formula is C14H28N2. The molecule has 2 aliphatic rings. The van der Waals surface area contributed by atoms with Crippen LogP contribution >= 0.6 is 0 Å². The van der Waals surface area contributed by atoms with Crippen LogP contribution in [0.5, 0.6) is 0 Å². The Bertz CT molecular complexity index is 213. The predicted octanol–water partition coefficient (Wildman–Crippen LogP) is 2.49. The Kier molecular flexibility index (Phi) is 4.26. The van der Waals surface area contributed by atoms with Crippen molar-refractivity contribution < 1.29 is 0 Å². The molecule has 2 fully saturated rings. The highest BCUT2D eigenvalue weighted by atomic mass is 15.2. The number of rotatable bonds is 6. The Morgan fingerprint density at radius 1 is 1.31 bits per heavy atom. The SMILES string of the molecule is CCCC(C)CNC1CN(C2CC2)CC1C. The molecule has 2 nitrogen and oxygen atoms in total. The lowest BCUT2D eigenvalue weighted by molar-refractivity contribution is 0.312. The minimum Gasteiger partial charge on any atom is -0.312 e. The summed E-state index contributed by atoms with van der Waals surface area (Å²) in [5.74, 6) is 1.68. The molecule has 0 aromatic carbocycles. The van der Waals surface area contributed by atoms with Crippen LogP contribution in [-0.4, -0.2) is 36.6 Å². The van der Waals surface area contributed by atoms with Gasteiger partial charge in [-0.05, 0) is 37.6 Å². The van der Waals surface area contributed by atoms with Crippen LogP contribution in [-0.2, 0) is 0 Å². The second-order valence-corrected chi connectivity index (χ2v) is 6.07. The molecule has 1 aliphatic carbocycles. The van der Waals surface area contributed by atoms with E-state index in [1.165, 1.54) is 45.3 Å². The van der Waals surface area contributed by atoms with Crippen LogP contribution in [0, 0.1) is 11.8 Å². The van der Waals surface area contributed by atoms with E-state index in [9.17, 15) is 0 Å². The summed E-state index contributed by atoms with van der Waals surface area (Å²) in [4.78, 5) is 2.70. The lowest BCUT2D eigenvalue weighted by Gasteiger charge is -2.19. The summed E-state index contributed by atoms with van der Waals surface area (Å²) in [5.41, 5.74) is 0. The summed E-state index contributed by atoms with van der Waals surface area (Å²) in [5, 5.41) is 3.79. The van der Waals surface area contributed by atoms with E-state index in [1.807, 2.05) is 0 Å². The molecule has 3 unspecified atom stereocenters. The van der Waals surface area contributed by atoms with Crippen LogP contribution in [0.4, 0.5) is 0 Å². The van der Waals surface area contributed by atoms with Crippen molar-refractivity contribution in [2.45, 2.75) is 58.5 Å². The van der Waals surface area contributed by atoms with Gasteiger partial charge in [-0.3, -0.25) is 4.90 Å². The van der Waals surface area contributed by atoms with Gasteiger partial charge in [0, 0.05) is 25.2 Å². The van der Waals surface area contributed by atoms with E-state index in [-0.39, 0.29) is 0 Å². The number of likely N-dealkylation sites (tertiary alicyclic amines) is 1. The van der Waals surface area contributed by atoms with Crippen molar-refractivity contribution >= 4 is 0 Å². The average molecular weight is 224 g/mol. The van der Waals surface area contributed by atoms with Gasteiger partial charge in [-0.25, -0.2) is 0 Å². The van der Waals surface area contributed by atoms with E-state index in [0.29, 0.717) is 0 Å². The van der Waals surface area contributed by atoms with Gasteiger partial charge in [-0.2, -0.15) is 0 Å². The van der Waals surface area contributed by atoms with Crippen LogP contribution < -0.4 is 5.32 Å². The fourth-order valence-corrected chi connectivity index (χ4v) is 2.96. The number of hydrogen-bond acceptors (Lipinski definition) is 2. The Morgan fingerprint density at radius 2 is 2.06 bits per heavy atom. The maximum absolute atomic E-state index is 3.79. The molecule has 1 saturated carbocycles. The summed E-state index contributed by atoms with van der Waals surface area (Å²) >= 11 is 0. The third kappa shape index (κ3) is 3.21. The average Bonchev–Trinajstić information content (AvgIpc) is 3.02. The molecule has 1 N–H and O–H groups in total. The molecule has 0 aromatic rings. The Hall–Kier alpha value is -0.0800. The van der Waals surface area contributed by atoms with Gasteiger partial charge in [-0.15, -0.1) is 0 Å². The summed E-state index contributed by atoms with van der Waals surface area (Å²) < 4.78 is 0. The van der Waals surface area contributed by atoms with Gasteiger partial charge in [0.15, 0.2) is 0 Å². The number of nitrogens with zero attached hydrogens (tertiary/aromatic N) is 1. The molecule has 1 saturated heterocycles. The summed E-state index contributed by atoms with van der Waals surface area (Å²) in [6.07, 6.45) is 5.58. The zero-order valence-corrected chi connectivity index (χ0v) is 11.2. The molecule has 0 amide bonds. The molecule has 2 rings (SSSR count). The maximum Gasteiger partial charge on any atom is 0.0233 e. The molecule has 94 valence electrons. The van der Waals surface area contributed by atoms with Crippen LogP contribution in [0.15, 0.2) is 0 Å². The first-order valence-electron chi connectivity index (χ1n) is 7.18. The van der Waals surface area contributed by atoms with Crippen LogP contribution in [0.3, 0.4) is 0 Å². The van der Waals surface area contributed by atoms with E-state index in [2.05, 4.69) is 31.0 Å². The van der Waals surface area contributed by atoms with Crippen LogP contribution in [0.2, 0.25) is 0 Å². The van der Waals surface area contributed by atoms with E-state index >= 15 is 0 Å². The summed E-state index contributed by atoms with van der Waals surface area (Å²) in [7, 11) is 0. The fraction of sp³-hybridized carbons (Fsp3) is 1.00. The molecule has 0 spiro atoms. The molecule has 0 aromatic heterocycles. The van der Waals surface area contributed by atoms with Crippen LogP contribution in [0.1, 0.15) is 46.5 Å². The van der Waals surface area contributed by atoms with Gasteiger partial charge in [0.2, 0.25) is 0 Å². The molecule has 3 atom stereocenters. The predicted molar refractivity (Wildman–Crippen MR) is 69.6 cm³/mol. The fourth-order valence-electron chi connectivity index (χ4n) is 2.96. The maximum atomic E-state index is 3.79. The standard InChI is InChI=1S/C14H28N2/c1-4-5-11(2)8-15-14-10-16(9-12(14)3)13-6-7-13/h11-15H,4-10H2,1-3H3. The van der Waals surface area contributed by atoms with Crippen LogP contribution in [0.25, 0.3) is 0 Å². The quantitative estimate of drug-likeness (QED) is 0.746. The Balaban J connectivity index is 1.68. The van der Waals surface area contributed by atoms with E-state index in [1.54, 1.807) is 0 Å². The molecule has 0 bridgehead atoms. The molecule has 16 heavy (non-hydrogen) atoms. The Labute approximate surface area is 101 Å². The van der Waals surface area contributed by atoms with Gasteiger partial charge in [-0.1, -0.05) is 27.2 Å². The minimum absolute atomic E-state index is 0.750.